The van der Waals surface area contributed by atoms with Gasteiger partial charge in [-0.05, 0) is 11.4 Å². The second kappa shape index (κ2) is 4.14. The number of hydrogen-bond acceptors (Lipinski definition) is 6. The van der Waals surface area contributed by atoms with Gasteiger partial charge < -0.3 is 10.7 Å². The van der Waals surface area contributed by atoms with Crippen LogP contribution in [-0.2, 0) is 0 Å². The molecule has 8 heteroatoms. The van der Waals surface area contributed by atoms with Crippen LogP contribution in [-0.4, -0.2) is 29.7 Å². The minimum Gasteiger partial charge on any atom is -0.384 e. The Labute approximate surface area is 117 Å². The van der Waals surface area contributed by atoms with Gasteiger partial charge in [-0.3, -0.25) is 0 Å². The van der Waals surface area contributed by atoms with E-state index in [1.54, 1.807) is 22.3 Å². The van der Waals surface area contributed by atoms with E-state index in [4.69, 9.17) is 5.73 Å². The highest BCUT2D eigenvalue weighted by atomic mass is 32.1. The molecule has 0 fully saturated rings. The van der Waals surface area contributed by atoms with E-state index in [-0.39, 0.29) is 0 Å². The fourth-order valence-corrected chi connectivity index (χ4v) is 2.70. The second-order valence-electron chi connectivity index (χ2n) is 4.14. The molecule has 0 radical (unpaired) electrons. The molecule has 0 aliphatic carbocycles. The number of aromatic amines is 1. The maximum Gasteiger partial charge on any atom is 0.184 e. The largest absolute Gasteiger partial charge is 0.384 e. The Morgan fingerprint density at radius 2 is 2.20 bits per heavy atom. The lowest BCUT2D eigenvalue weighted by Crippen LogP contribution is -2.05. The molecule has 20 heavy (non-hydrogen) atoms. The van der Waals surface area contributed by atoms with Gasteiger partial charge in [0, 0.05) is 6.07 Å². The van der Waals surface area contributed by atoms with Gasteiger partial charge in [0.15, 0.2) is 11.5 Å². The van der Waals surface area contributed by atoms with Gasteiger partial charge in [0.05, 0.1) is 11.2 Å². The van der Waals surface area contributed by atoms with Gasteiger partial charge in [0.1, 0.15) is 23.4 Å². The molecular weight excluding hydrogens is 274 g/mol. The molecule has 0 amide bonds. The molecule has 4 heterocycles. The van der Waals surface area contributed by atoms with E-state index in [1.165, 1.54) is 6.33 Å². The molecule has 3 N–H and O–H groups in total. The van der Waals surface area contributed by atoms with E-state index in [0.29, 0.717) is 22.8 Å². The highest BCUT2D eigenvalue weighted by Gasteiger charge is 2.14. The molecule has 0 aliphatic rings. The molecule has 98 valence electrons. The van der Waals surface area contributed by atoms with Crippen LogP contribution < -0.4 is 5.73 Å². The van der Waals surface area contributed by atoms with Gasteiger partial charge >= 0.3 is 0 Å². The number of nitrogens with zero attached hydrogens (tertiary/aromatic N) is 5. The minimum atomic E-state index is 0.517. The van der Waals surface area contributed by atoms with Crippen LogP contribution >= 0.6 is 11.3 Å². The Hall–Kier alpha value is -2.74. The van der Waals surface area contributed by atoms with Crippen molar-refractivity contribution in [3.8, 4) is 16.4 Å². The highest BCUT2D eigenvalue weighted by molar-refractivity contribution is 7.13. The summed E-state index contributed by atoms with van der Waals surface area (Å²) in [6.45, 7) is 0. The fourth-order valence-electron chi connectivity index (χ4n) is 2.02. The number of anilines is 1. The third-order valence-electron chi connectivity index (χ3n) is 2.91. The molecule has 0 saturated heterocycles. The first-order valence-corrected chi connectivity index (χ1v) is 6.75. The summed E-state index contributed by atoms with van der Waals surface area (Å²) >= 11 is 1.61. The summed E-state index contributed by atoms with van der Waals surface area (Å²) in [5.74, 6) is 1.11. The van der Waals surface area contributed by atoms with Crippen LogP contribution in [0.4, 0.5) is 5.82 Å². The number of aromatic nitrogens is 6. The van der Waals surface area contributed by atoms with Crippen molar-refractivity contribution in [1.29, 1.82) is 0 Å². The molecule has 7 nitrogen and oxygen atoms in total. The number of imidazole rings is 1. The first kappa shape index (κ1) is 11.1. The van der Waals surface area contributed by atoms with Crippen LogP contribution in [0.15, 0.2) is 36.2 Å². The summed E-state index contributed by atoms with van der Waals surface area (Å²) in [4.78, 5) is 16.5. The topological polar surface area (TPSA) is 98.3 Å². The molecule has 4 aromatic heterocycles. The lowest BCUT2D eigenvalue weighted by Gasteiger charge is -2.02. The molecule has 0 aliphatic heterocycles. The Bertz CT molecular complexity index is 874. The second-order valence-corrected chi connectivity index (χ2v) is 5.09. The average Bonchev–Trinajstić information content (AvgIpc) is 3.18. The SMILES string of the molecule is Nc1cc(-c2cccs2)nn1-c1ncnc2nc[nH]c12. The molecule has 4 aromatic rings. The van der Waals surface area contributed by atoms with Crippen molar-refractivity contribution in [2.45, 2.75) is 0 Å². The lowest BCUT2D eigenvalue weighted by molar-refractivity contribution is 0.862. The number of H-pyrrole nitrogens is 1. The van der Waals surface area contributed by atoms with Crippen molar-refractivity contribution in [3.05, 3.63) is 36.2 Å². The predicted octanol–water partition coefficient (Wildman–Crippen LogP) is 1.85. The number of fused-ring (bicyclic) bond motifs is 1. The minimum absolute atomic E-state index is 0.517. The number of nitrogen functional groups attached to an aromatic ring is 1. The zero-order valence-electron chi connectivity index (χ0n) is 10.2. The number of hydrogen-bond donors (Lipinski definition) is 2. The van der Waals surface area contributed by atoms with Crippen LogP contribution in [0.1, 0.15) is 0 Å². The molecular formula is C12H9N7S. The maximum atomic E-state index is 6.05. The van der Waals surface area contributed by atoms with Crippen LogP contribution in [0, 0.1) is 0 Å². The standard InChI is InChI=1S/C12H9N7S/c13-9-4-7(8-2-1-3-20-8)18-19(9)12-10-11(15-5-14-10)16-6-17-12/h1-6H,13H2,(H,14,15,16,17). The number of nitrogens with one attached hydrogen (secondary N) is 1. The lowest BCUT2D eigenvalue weighted by atomic mass is 10.3. The van der Waals surface area contributed by atoms with E-state index in [2.05, 4.69) is 25.0 Å². The first-order chi connectivity index (χ1) is 9.83. The van der Waals surface area contributed by atoms with Gasteiger partial charge in [0.2, 0.25) is 0 Å². The Balaban J connectivity index is 1.93. The van der Waals surface area contributed by atoms with Crippen molar-refractivity contribution >= 4 is 28.3 Å². The monoisotopic (exact) mass is 283 g/mol. The first-order valence-electron chi connectivity index (χ1n) is 5.87. The average molecular weight is 283 g/mol. The maximum absolute atomic E-state index is 6.05. The molecule has 0 spiro atoms. The fraction of sp³-hybridized carbons (Fsp3) is 0. The third-order valence-corrected chi connectivity index (χ3v) is 3.81. The normalized spacial score (nSPS) is 11.2. The van der Waals surface area contributed by atoms with Crippen LogP contribution in [0.5, 0.6) is 0 Å². The van der Waals surface area contributed by atoms with Crippen molar-refractivity contribution in [3.63, 3.8) is 0 Å². The van der Waals surface area contributed by atoms with Crippen LogP contribution in [0.2, 0.25) is 0 Å². The van der Waals surface area contributed by atoms with Gasteiger partial charge in [-0.15, -0.1) is 11.3 Å². The summed E-state index contributed by atoms with van der Waals surface area (Å²) < 4.78 is 1.59. The number of rotatable bonds is 2. The van der Waals surface area contributed by atoms with Gasteiger partial charge in [0.25, 0.3) is 0 Å². The summed E-state index contributed by atoms with van der Waals surface area (Å²) in [6.07, 6.45) is 3.02. The highest BCUT2D eigenvalue weighted by Crippen LogP contribution is 2.27. The zero-order valence-corrected chi connectivity index (χ0v) is 11.0. The van der Waals surface area contributed by atoms with Crippen LogP contribution in [0.3, 0.4) is 0 Å². The summed E-state index contributed by atoms with van der Waals surface area (Å²) in [5, 5.41) is 6.52. The number of nitrogens with two attached hydrogens (primary N) is 1. The van der Waals surface area contributed by atoms with E-state index in [0.717, 1.165) is 10.6 Å². The van der Waals surface area contributed by atoms with Crippen molar-refractivity contribution in [2.75, 3.05) is 5.73 Å². The van der Waals surface area contributed by atoms with E-state index >= 15 is 0 Å². The Kier molecular flexibility index (Phi) is 2.30. The van der Waals surface area contributed by atoms with Crippen molar-refractivity contribution < 1.29 is 0 Å². The summed E-state index contributed by atoms with van der Waals surface area (Å²) in [7, 11) is 0. The van der Waals surface area contributed by atoms with E-state index in [9.17, 15) is 0 Å². The smallest absolute Gasteiger partial charge is 0.184 e. The van der Waals surface area contributed by atoms with Crippen molar-refractivity contribution in [2.24, 2.45) is 0 Å². The quantitative estimate of drug-likeness (QED) is 0.585. The Morgan fingerprint density at radius 3 is 3.05 bits per heavy atom. The molecule has 0 bridgehead atoms. The summed E-state index contributed by atoms with van der Waals surface area (Å²) in [5.41, 5.74) is 8.17. The molecule has 0 aromatic carbocycles. The molecule has 0 unspecified atom stereocenters. The molecule has 4 rings (SSSR count). The third kappa shape index (κ3) is 1.58. The van der Waals surface area contributed by atoms with Gasteiger partial charge in [-0.1, -0.05) is 6.07 Å². The van der Waals surface area contributed by atoms with Gasteiger partial charge in [-0.25, -0.2) is 15.0 Å². The van der Waals surface area contributed by atoms with Gasteiger partial charge in [-0.2, -0.15) is 9.78 Å². The predicted molar refractivity (Wildman–Crippen MR) is 76.5 cm³/mol. The van der Waals surface area contributed by atoms with Crippen LogP contribution in [0.25, 0.3) is 27.6 Å². The van der Waals surface area contributed by atoms with E-state index in [1.807, 2.05) is 23.6 Å². The van der Waals surface area contributed by atoms with Crippen molar-refractivity contribution in [1.82, 2.24) is 29.7 Å². The molecule has 0 atom stereocenters. The van der Waals surface area contributed by atoms with E-state index < -0.39 is 0 Å². The zero-order chi connectivity index (χ0) is 13.5. The molecule has 0 saturated carbocycles. The Morgan fingerprint density at radius 1 is 1.25 bits per heavy atom. The number of thiophene rings is 1. The summed E-state index contributed by atoms with van der Waals surface area (Å²) in [6, 6.07) is 5.81.